The van der Waals surface area contributed by atoms with Crippen molar-refractivity contribution in [2.45, 2.75) is 32.4 Å². The highest BCUT2D eigenvalue weighted by Crippen LogP contribution is 2.16. The lowest BCUT2D eigenvalue weighted by atomic mass is 10.1. The largest absolute Gasteiger partial charge is 0.353 e. The van der Waals surface area contributed by atoms with E-state index in [1.54, 1.807) is 19.1 Å². The van der Waals surface area contributed by atoms with E-state index < -0.39 is 6.04 Å². The molecule has 132 valence electrons. The van der Waals surface area contributed by atoms with Crippen LogP contribution in [0.1, 0.15) is 25.3 Å². The van der Waals surface area contributed by atoms with Gasteiger partial charge in [0, 0.05) is 25.9 Å². The molecule has 0 radical (unpaired) electrons. The summed E-state index contributed by atoms with van der Waals surface area (Å²) in [5.74, 6) is -1.06. The molecular formula is C17H19FN4O3. The highest BCUT2D eigenvalue weighted by atomic mass is 19.1. The van der Waals surface area contributed by atoms with E-state index in [0.29, 0.717) is 13.1 Å². The summed E-state index contributed by atoms with van der Waals surface area (Å²) in [5.41, 5.74) is 0.987. The van der Waals surface area contributed by atoms with Gasteiger partial charge in [-0.2, -0.15) is 5.10 Å². The quantitative estimate of drug-likeness (QED) is 0.872. The lowest BCUT2D eigenvalue weighted by Gasteiger charge is -2.34. The maximum Gasteiger partial charge on any atom is 0.270 e. The van der Waals surface area contributed by atoms with Gasteiger partial charge in [-0.15, -0.1) is 0 Å². The second-order valence-corrected chi connectivity index (χ2v) is 6.09. The minimum Gasteiger partial charge on any atom is -0.353 e. The second-order valence-electron chi connectivity index (χ2n) is 6.09. The maximum atomic E-state index is 13.0. The van der Waals surface area contributed by atoms with Crippen LogP contribution in [0.2, 0.25) is 0 Å². The van der Waals surface area contributed by atoms with Crippen LogP contribution in [0.4, 0.5) is 4.39 Å². The smallest absolute Gasteiger partial charge is 0.270 e. The molecule has 0 spiro atoms. The Kier molecular flexibility index (Phi) is 4.78. The molecule has 2 heterocycles. The van der Waals surface area contributed by atoms with Gasteiger partial charge in [-0.05, 0) is 24.6 Å². The van der Waals surface area contributed by atoms with Crippen LogP contribution in [0.3, 0.4) is 0 Å². The van der Waals surface area contributed by atoms with Crippen molar-refractivity contribution in [1.82, 2.24) is 15.2 Å². The first-order valence-corrected chi connectivity index (χ1v) is 8.16. The van der Waals surface area contributed by atoms with Gasteiger partial charge in [-0.3, -0.25) is 14.4 Å². The van der Waals surface area contributed by atoms with Gasteiger partial charge < -0.3 is 10.2 Å². The normalized spacial score (nSPS) is 21.0. The number of amides is 3. The summed E-state index contributed by atoms with van der Waals surface area (Å²) < 4.78 is 13.0. The van der Waals surface area contributed by atoms with E-state index in [0.717, 1.165) is 5.56 Å². The number of carbonyl (C=O) groups is 3. The summed E-state index contributed by atoms with van der Waals surface area (Å²) in [6.45, 7) is 2.65. The Labute approximate surface area is 144 Å². The van der Waals surface area contributed by atoms with Crippen molar-refractivity contribution in [3.8, 4) is 0 Å². The van der Waals surface area contributed by atoms with Crippen molar-refractivity contribution in [3.63, 3.8) is 0 Å². The van der Waals surface area contributed by atoms with E-state index in [4.69, 9.17) is 0 Å². The van der Waals surface area contributed by atoms with Crippen LogP contribution in [-0.4, -0.2) is 52.5 Å². The first kappa shape index (κ1) is 17.1. The van der Waals surface area contributed by atoms with Gasteiger partial charge in [-0.25, -0.2) is 9.40 Å². The van der Waals surface area contributed by atoms with Crippen LogP contribution in [0.15, 0.2) is 29.4 Å². The topological polar surface area (TPSA) is 82.1 Å². The molecular weight excluding hydrogens is 327 g/mol. The Bertz CT molecular complexity index is 732. The molecule has 2 aliphatic rings. The summed E-state index contributed by atoms with van der Waals surface area (Å²) in [6, 6.07) is 5.21. The molecule has 1 atom stereocenters. The molecule has 1 fully saturated rings. The predicted molar refractivity (Wildman–Crippen MR) is 87.8 cm³/mol. The minimum absolute atomic E-state index is 0.173. The summed E-state index contributed by atoms with van der Waals surface area (Å²) in [6.07, 6.45) is 0.433. The third kappa shape index (κ3) is 3.67. The van der Waals surface area contributed by atoms with E-state index in [9.17, 15) is 18.8 Å². The molecule has 1 aromatic carbocycles. The lowest BCUT2D eigenvalue weighted by Crippen LogP contribution is -2.57. The number of carbonyl (C=O) groups excluding carboxylic acids is 3. The molecule has 0 saturated carbocycles. The molecule has 0 aliphatic carbocycles. The molecule has 1 saturated heterocycles. The fourth-order valence-corrected chi connectivity index (χ4v) is 2.87. The van der Waals surface area contributed by atoms with Crippen LogP contribution < -0.4 is 5.32 Å². The minimum atomic E-state index is -0.563. The van der Waals surface area contributed by atoms with Crippen LogP contribution in [0.25, 0.3) is 0 Å². The highest BCUT2D eigenvalue weighted by Gasteiger charge is 2.34. The summed E-state index contributed by atoms with van der Waals surface area (Å²) in [4.78, 5) is 38.0. The molecule has 1 aromatic rings. The third-order valence-electron chi connectivity index (χ3n) is 4.36. The molecule has 0 bridgehead atoms. The zero-order chi connectivity index (χ0) is 18.0. The van der Waals surface area contributed by atoms with Crippen LogP contribution in [0.5, 0.6) is 0 Å². The first-order valence-electron chi connectivity index (χ1n) is 8.16. The monoisotopic (exact) mass is 346 g/mol. The Morgan fingerprint density at radius 3 is 2.72 bits per heavy atom. The Morgan fingerprint density at radius 2 is 2.00 bits per heavy atom. The van der Waals surface area contributed by atoms with Gasteiger partial charge in [0.25, 0.3) is 5.91 Å². The van der Waals surface area contributed by atoms with Crippen molar-refractivity contribution in [3.05, 3.63) is 35.6 Å². The Hall–Kier alpha value is -2.77. The second kappa shape index (κ2) is 7.00. The number of hydrogen-bond donors (Lipinski definition) is 1. The van der Waals surface area contributed by atoms with E-state index in [-0.39, 0.29) is 48.6 Å². The zero-order valence-corrected chi connectivity index (χ0v) is 13.9. The van der Waals surface area contributed by atoms with Gasteiger partial charge >= 0.3 is 0 Å². The number of hydrogen-bond acceptors (Lipinski definition) is 4. The third-order valence-corrected chi connectivity index (χ3v) is 4.36. The number of benzene rings is 1. The van der Waals surface area contributed by atoms with Gasteiger partial charge in [-0.1, -0.05) is 12.1 Å². The predicted octanol–water partition coefficient (Wildman–Crippen LogP) is 0.651. The molecule has 25 heavy (non-hydrogen) atoms. The molecule has 7 nitrogen and oxygen atoms in total. The van der Waals surface area contributed by atoms with E-state index >= 15 is 0 Å². The molecule has 3 rings (SSSR count). The number of rotatable bonds is 3. The molecule has 0 aromatic heterocycles. The maximum absolute atomic E-state index is 13.0. The Balaban J connectivity index is 1.76. The summed E-state index contributed by atoms with van der Waals surface area (Å²) in [7, 11) is 0. The van der Waals surface area contributed by atoms with E-state index in [1.807, 2.05) is 0 Å². The van der Waals surface area contributed by atoms with Crippen LogP contribution in [-0.2, 0) is 20.9 Å². The summed E-state index contributed by atoms with van der Waals surface area (Å²) in [5, 5.41) is 8.14. The highest BCUT2D eigenvalue weighted by molar-refractivity contribution is 6.39. The first-order chi connectivity index (χ1) is 12.0. The fourth-order valence-electron chi connectivity index (χ4n) is 2.87. The number of nitrogens with zero attached hydrogens (tertiary/aromatic N) is 3. The molecule has 8 heteroatoms. The number of hydrazone groups is 1. The fraction of sp³-hybridized carbons (Fsp3) is 0.412. The van der Waals surface area contributed by atoms with Gasteiger partial charge in [0.15, 0.2) is 0 Å². The number of nitrogens with one attached hydrogen (secondary N) is 1. The Morgan fingerprint density at radius 1 is 1.28 bits per heavy atom. The number of halogens is 1. The molecule has 1 N–H and O–H groups in total. The SMILES string of the molecule is CC1C(=O)NCCN1C(=O)C1=NN(Cc2ccc(F)cc2)C(=O)CC1. The van der Waals surface area contributed by atoms with Crippen molar-refractivity contribution >= 4 is 23.4 Å². The average molecular weight is 346 g/mol. The molecule has 2 aliphatic heterocycles. The zero-order valence-electron chi connectivity index (χ0n) is 13.9. The van der Waals surface area contributed by atoms with Crippen molar-refractivity contribution in [1.29, 1.82) is 0 Å². The van der Waals surface area contributed by atoms with E-state index in [1.165, 1.54) is 22.0 Å². The van der Waals surface area contributed by atoms with Crippen LogP contribution >= 0.6 is 0 Å². The summed E-state index contributed by atoms with van der Waals surface area (Å²) >= 11 is 0. The molecule has 1 unspecified atom stereocenters. The standard InChI is InChI=1S/C17H19FN4O3/c1-11-16(24)19-8-9-21(11)17(25)14-6-7-15(23)22(20-14)10-12-2-4-13(18)5-3-12/h2-5,11H,6-10H2,1H3,(H,19,24). The molecule has 3 amide bonds. The van der Waals surface area contributed by atoms with Crippen molar-refractivity contribution in [2.24, 2.45) is 5.10 Å². The van der Waals surface area contributed by atoms with Gasteiger partial charge in [0.05, 0.1) is 6.54 Å². The average Bonchev–Trinajstić information content (AvgIpc) is 2.60. The lowest BCUT2D eigenvalue weighted by molar-refractivity contribution is -0.138. The van der Waals surface area contributed by atoms with Crippen molar-refractivity contribution in [2.75, 3.05) is 13.1 Å². The van der Waals surface area contributed by atoms with Gasteiger partial charge in [0.2, 0.25) is 11.8 Å². The number of piperazine rings is 1. The van der Waals surface area contributed by atoms with Crippen LogP contribution in [0, 0.1) is 5.82 Å². The van der Waals surface area contributed by atoms with Gasteiger partial charge in [0.1, 0.15) is 17.6 Å². The van der Waals surface area contributed by atoms with E-state index in [2.05, 4.69) is 10.4 Å². The van der Waals surface area contributed by atoms with Crippen molar-refractivity contribution < 1.29 is 18.8 Å².